The van der Waals surface area contributed by atoms with Crippen LogP contribution in [0.2, 0.25) is 5.02 Å². The summed E-state index contributed by atoms with van der Waals surface area (Å²) in [7, 11) is 0. The van der Waals surface area contributed by atoms with E-state index < -0.39 is 4.92 Å². The van der Waals surface area contributed by atoms with Crippen LogP contribution in [0.1, 0.15) is 34.2 Å². The average molecular weight is 497 g/mol. The fraction of sp³-hybridized carbons (Fsp3) is 0.360. The molecule has 35 heavy (non-hydrogen) atoms. The Bertz CT molecular complexity index is 1230. The van der Waals surface area contributed by atoms with E-state index in [1.807, 2.05) is 24.3 Å². The van der Waals surface area contributed by atoms with Gasteiger partial charge in [-0.3, -0.25) is 19.6 Å². The molecule has 1 aromatic heterocycles. The van der Waals surface area contributed by atoms with Crippen molar-refractivity contribution in [3.05, 3.63) is 80.1 Å². The highest BCUT2D eigenvalue weighted by molar-refractivity contribution is 6.31. The summed E-state index contributed by atoms with van der Waals surface area (Å²) in [6.07, 6.45) is 0. The van der Waals surface area contributed by atoms with E-state index in [0.29, 0.717) is 34.2 Å². The molecule has 0 unspecified atom stereocenters. The van der Waals surface area contributed by atoms with E-state index >= 15 is 0 Å². The van der Waals surface area contributed by atoms with Crippen molar-refractivity contribution in [1.82, 2.24) is 14.7 Å². The third-order valence-electron chi connectivity index (χ3n) is 6.44. The normalized spacial score (nSPS) is 14.2. The summed E-state index contributed by atoms with van der Waals surface area (Å²) >= 11 is 6.25. The number of aryl methyl sites for hydroxylation is 1. The number of carbonyl (C=O) groups is 1. The molecule has 1 aliphatic heterocycles. The number of rotatable bonds is 7. The maximum absolute atomic E-state index is 13.0. The zero-order chi connectivity index (χ0) is 25.1. The molecule has 0 spiro atoms. The number of hydrogen-bond donors (Lipinski definition) is 1. The monoisotopic (exact) mass is 496 g/mol. The second-order valence-electron chi connectivity index (χ2n) is 8.67. The summed E-state index contributed by atoms with van der Waals surface area (Å²) in [4.78, 5) is 28.5. The molecule has 9 nitrogen and oxygen atoms in total. The molecule has 1 fully saturated rings. The van der Waals surface area contributed by atoms with Crippen molar-refractivity contribution in [3.63, 3.8) is 0 Å². The Hall–Kier alpha value is -3.43. The van der Waals surface area contributed by atoms with Crippen LogP contribution < -0.4 is 10.2 Å². The van der Waals surface area contributed by atoms with Crippen LogP contribution in [-0.2, 0) is 6.54 Å². The summed E-state index contributed by atoms with van der Waals surface area (Å²) in [5.41, 5.74) is 3.97. The highest BCUT2D eigenvalue weighted by Crippen LogP contribution is 2.30. The van der Waals surface area contributed by atoms with E-state index in [4.69, 9.17) is 11.6 Å². The van der Waals surface area contributed by atoms with Gasteiger partial charge in [-0.1, -0.05) is 30.7 Å². The third-order valence-corrected chi connectivity index (χ3v) is 6.68. The van der Waals surface area contributed by atoms with Gasteiger partial charge in [0.25, 0.3) is 5.91 Å². The first-order valence-electron chi connectivity index (χ1n) is 11.6. The van der Waals surface area contributed by atoms with Gasteiger partial charge in [-0.25, -0.2) is 0 Å². The Kier molecular flexibility index (Phi) is 7.37. The molecule has 0 aliphatic carbocycles. The van der Waals surface area contributed by atoms with Gasteiger partial charge in [0.1, 0.15) is 11.4 Å². The Labute approximate surface area is 209 Å². The minimum Gasteiger partial charge on any atom is -0.367 e. The fourth-order valence-corrected chi connectivity index (χ4v) is 4.60. The van der Waals surface area contributed by atoms with Crippen molar-refractivity contribution in [2.75, 3.05) is 42.9 Å². The van der Waals surface area contributed by atoms with E-state index in [9.17, 15) is 14.9 Å². The zero-order valence-corrected chi connectivity index (χ0v) is 20.9. The number of likely N-dealkylation sites (N-methyl/N-ethyl adjacent to an activating group) is 1. The molecule has 2 heterocycles. The summed E-state index contributed by atoms with van der Waals surface area (Å²) in [6, 6.07) is 12.7. The second-order valence-corrected chi connectivity index (χ2v) is 9.10. The smallest absolute Gasteiger partial charge is 0.312 e. The number of anilines is 2. The Balaban J connectivity index is 1.47. The van der Waals surface area contributed by atoms with Crippen molar-refractivity contribution in [3.8, 4) is 0 Å². The Morgan fingerprint density at radius 1 is 1.11 bits per heavy atom. The summed E-state index contributed by atoms with van der Waals surface area (Å²) in [6.45, 7) is 10.6. The lowest BCUT2D eigenvalue weighted by molar-refractivity contribution is -0.386. The van der Waals surface area contributed by atoms with Gasteiger partial charge in [-0.05, 0) is 56.3 Å². The van der Waals surface area contributed by atoms with Gasteiger partial charge in [-0.2, -0.15) is 5.10 Å². The average Bonchev–Trinajstić information content (AvgIpc) is 3.12. The van der Waals surface area contributed by atoms with Crippen LogP contribution in [0.3, 0.4) is 0 Å². The number of carbonyl (C=O) groups excluding carboxylic acids is 1. The van der Waals surface area contributed by atoms with Gasteiger partial charge < -0.3 is 15.1 Å². The molecule has 4 rings (SSSR count). The quantitative estimate of drug-likeness (QED) is 0.382. The first-order chi connectivity index (χ1) is 16.8. The molecule has 1 N–H and O–H groups in total. The first kappa shape index (κ1) is 24.7. The number of aromatic nitrogens is 2. The van der Waals surface area contributed by atoms with Crippen molar-refractivity contribution in [2.24, 2.45) is 0 Å². The van der Waals surface area contributed by atoms with Gasteiger partial charge in [0.05, 0.1) is 22.8 Å². The molecule has 0 atom stereocenters. The molecule has 1 saturated heterocycles. The topological polar surface area (TPSA) is 96.5 Å². The van der Waals surface area contributed by atoms with E-state index in [-0.39, 0.29) is 11.6 Å². The molecule has 184 valence electrons. The summed E-state index contributed by atoms with van der Waals surface area (Å²) in [5.74, 6) is -0.228. The number of hydrogen-bond acceptors (Lipinski definition) is 6. The van der Waals surface area contributed by atoms with Crippen molar-refractivity contribution >= 4 is 34.6 Å². The summed E-state index contributed by atoms with van der Waals surface area (Å²) < 4.78 is 1.61. The molecule has 3 aromatic rings. The first-order valence-corrected chi connectivity index (χ1v) is 12.0. The lowest BCUT2D eigenvalue weighted by atomic mass is 10.1. The largest absolute Gasteiger partial charge is 0.367 e. The molecule has 10 heteroatoms. The highest BCUT2D eigenvalue weighted by Gasteiger charge is 2.22. The van der Waals surface area contributed by atoms with E-state index in [1.54, 1.807) is 36.7 Å². The maximum atomic E-state index is 13.0. The van der Waals surface area contributed by atoms with Gasteiger partial charge in [-0.15, -0.1) is 0 Å². The van der Waals surface area contributed by atoms with Crippen molar-refractivity contribution in [2.45, 2.75) is 27.3 Å². The number of halogens is 1. The minimum atomic E-state index is -0.407. The van der Waals surface area contributed by atoms with Crippen LogP contribution >= 0.6 is 11.6 Å². The van der Waals surface area contributed by atoms with Gasteiger partial charge in [0.15, 0.2) is 0 Å². The number of amides is 1. The third kappa shape index (κ3) is 5.47. The van der Waals surface area contributed by atoms with Crippen LogP contribution in [0.4, 0.5) is 17.1 Å². The lowest BCUT2D eigenvalue weighted by Crippen LogP contribution is -2.46. The van der Waals surface area contributed by atoms with Gasteiger partial charge >= 0.3 is 5.69 Å². The second kappa shape index (κ2) is 10.5. The van der Waals surface area contributed by atoms with Crippen LogP contribution in [-0.4, -0.2) is 58.2 Å². The molecular weight excluding hydrogens is 468 g/mol. The Morgan fingerprint density at radius 2 is 1.80 bits per heavy atom. The standard InChI is InChI=1S/C25H29ClN6O3/c1-4-29-11-13-30(14-12-29)23-10-9-21(26)15-22(23)27-25(33)20-7-5-19(6-8-20)16-31-18(3)24(32(34)35)17(2)28-31/h5-10,15H,4,11-14,16H2,1-3H3,(H,27,33). The Morgan fingerprint density at radius 3 is 2.40 bits per heavy atom. The molecular formula is C25H29ClN6O3. The molecule has 2 aromatic carbocycles. The molecule has 1 amide bonds. The molecule has 0 radical (unpaired) electrons. The van der Waals surface area contributed by atoms with Crippen LogP contribution in [0.25, 0.3) is 0 Å². The lowest BCUT2D eigenvalue weighted by Gasteiger charge is -2.36. The number of nitrogens with zero attached hydrogens (tertiary/aromatic N) is 5. The molecule has 0 bridgehead atoms. The van der Waals surface area contributed by atoms with Crippen LogP contribution in [0.5, 0.6) is 0 Å². The predicted molar refractivity (Wildman–Crippen MR) is 138 cm³/mol. The van der Waals surface area contributed by atoms with Crippen molar-refractivity contribution < 1.29 is 9.72 Å². The van der Waals surface area contributed by atoms with E-state index in [2.05, 4.69) is 27.1 Å². The minimum absolute atomic E-state index is 0.0365. The SMILES string of the molecule is CCN1CCN(c2ccc(Cl)cc2NC(=O)c2ccc(Cn3nc(C)c([N+](=O)[O-])c3C)cc2)CC1. The molecule has 1 aliphatic rings. The summed E-state index contributed by atoms with van der Waals surface area (Å²) in [5, 5.41) is 19.1. The fourth-order valence-electron chi connectivity index (χ4n) is 4.42. The van der Waals surface area contributed by atoms with E-state index in [1.165, 1.54) is 0 Å². The van der Waals surface area contributed by atoms with Crippen molar-refractivity contribution in [1.29, 1.82) is 0 Å². The number of nitro groups is 1. The number of nitrogens with one attached hydrogen (secondary N) is 1. The van der Waals surface area contributed by atoms with E-state index in [0.717, 1.165) is 44.0 Å². The predicted octanol–water partition coefficient (Wildman–Crippen LogP) is 4.50. The molecule has 0 saturated carbocycles. The van der Waals surface area contributed by atoms with Gasteiger partial charge in [0.2, 0.25) is 0 Å². The van der Waals surface area contributed by atoms with Crippen LogP contribution in [0, 0.1) is 24.0 Å². The number of piperazine rings is 1. The van der Waals surface area contributed by atoms with Crippen LogP contribution in [0.15, 0.2) is 42.5 Å². The maximum Gasteiger partial charge on any atom is 0.312 e. The van der Waals surface area contributed by atoms with Gasteiger partial charge in [0, 0.05) is 36.8 Å². The number of benzene rings is 2. The zero-order valence-electron chi connectivity index (χ0n) is 20.1. The highest BCUT2D eigenvalue weighted by atomic mass is 35.5.